The molecule has 19 heavy (non-hydrogen) atoms. The quantitative estimate of drug-likeness (QED) is 0.506. The fraction of sp³-hybridized carbons (Fsp3) is 0.188. The van der Waals surface area contributed by atoms with E-state index in [1.807, 2.05) is 48.5 Å². The summed E-state index contributed by atoms with van der Waals surface area (Å²) in [5.41, 5.74) is 9.28. The van der Waals surface area contributed by atoms with Gasteiger partial charge in [0.05, 0.1) is 0 Å². The lowest BCUT2D eigenvalue weighted by Crippen LogP contribution is -2.15. The molecule has 0 heterocycles. The summed E-state index contributed by atoms with van der Waals surface area (Å²) in [7, 11) is 0. The standard InChI is InChI=1S/C16H18N2O/c1-13-7-5-6-10-15(13)12-19-18-16(17)11-14-8-3-2-4-9-14/h2-10H,11-12H2,1H3,(H2,17,18). The normalized spacial score (nSPS) is 11.3. The van der Waals surface area contributed by atoms with Crippen molar-refractivity contribution in [3.05, 3.63) is 71.3 Å². The minimum Gasteiger partial charge on any atom is -0.389 e. The van der Waals surface area contributed by atoms with Crippen LogP contribution in [0.25, 0.3) is 0 Å². The van der Waals surface area contributed by atoms with Gasteiger partial charge in [-0.25, -0.2) is 0 Å². The summed E-state index contributed by atoms with van der Waals surface area (Å²) < 4.78 is 0. The third-order valence-electron chi connectivity index (χ3n) is 2.89. The van der Waals surface area contributed by atoms with E-state index in [0.717, 1.165) is 11.1 Å². The Labute approximate surface area is 113 Å². The number of nitrogens with two attached hydrogens (primary N) is 1. The van der Waals surface area contributed by atoms with Crippen LogP contribution in [0.15, 0.2) is 59.8 Å². The van der Waals surface area contributed by atoms with Gasteiger partial charge in [0.2, 0.25) is 0 Å². The monoisotopic (exact) mass is 254 g/mol. The Morgan fingerprint density at radius 2 is 1.74 bits per heavy atom. The molecule has 2 N–H and O–H groups in total. The van der Waals surface area contributed by atoms with Crippen LogP contribution in [-0.4, -0.2) is 5.84 Å². The molecule has 2 rings (SSSR count). The third-order valence-corrected chi connectivity index (χ3v) is 2.89. The highest BCUT2D eigenvalue weighted by atomic mass is 16.6. The van der Waals surface area contributed by atoms with Gasteiger partial charge in [0.15, 0.2) is 0 Å². The Kier molecular flexibility index (Phi) is 4.56. The molecule has 3 heteroatoms. The maximum atomic E-state index is 5.83. The van der Waals surface area contributed by atoms with Crippen molar-refractivity contribution in [1.82, 2.24) is 0 Å². The van der Waals surface area contributed by atoms with Crippen LogP contribution >= 0.6 is 0 Å². The molecule has 0 aliphatic carbocycles. The summed E-state index contributed by atoms with van der Waals surface area (Å²) in [6.45, 7) is 2.50. The summed E-state index contributed by atoms with van der Waals surface area (Å²) in [5.74, 6) is 0.486. The highest BCUT2D eigenvalue weighted by Gasteiger charge is 1.99. The van der Waals surface area contributed by atoms with Crippen molar-refractivity contribution < 1.29 is 4.84 Å². The molecule has 98 valence electrons. The van der Waals surface area contributed by atoms with E-state index in [2.05, 4.69) is 18.1 Å². The van der Waals surface area contributed by atoms with Gasteiger partial charge in [-0.1, -0.05) is 59.8 Å². The van der Waals surface area contributed by atoms with Crippen molar-refractivity contribution in [3.8, 4) is 0 Å². The largest absolute Gasteiger partial charge is 0.389 e. The molecule has 2 aromatic rings. The van der Waals surface area contributed by atoms with Gasteiger partial charge < -0.3 is 10.6 Å². The van der Waals surface area contributed by atoms with Crippen LogP contribution in [0.3, 0.4) is 0 Å². The van der Waals surface area contributed by atoms with Crippen molar-refractivity contribution >= 4 is 5.84 Å². The molecule has 0 aliphatic heterocycles. The van der Waals surface area contributed by atoms with Gasteiger partial charge in [-0.05, 0) is 23.6 Å². The van der Waals surface area contributed by atoms with Gasteiger partial charge in [-0.3, -0.25) is 0 Å². The predicted molar refractivity (Wildman–Crippen MR) is 77.7 cm³/mol. The number of amidine groups is 1. The zero-order chi connectivity index (χ0) is 13.5. The minimum atomic E-state index is 0.447. The summed E-state index contributed by atoms with van der Waals surface area (Å²) in [6, 6.07) is 18.1. The first kappa shape index (κ1) is 13.1. The zero-order valence-electron chi connectivity index (χ0n) is 11.0. The van der Waals surface area contributed by atoms with Gasteiger partial charge in [-0.15, -0.1) is 0 Å². The summed E-state index contributed by atoms with van der Waals surface area (Å²) in [4.78, 5) is 5.30. The number of benzene rings is 2. The van der Waals surface area contributed by atoms with Gasteiger partial charge in [0, 0.05) is 6.42 Å². The van der Waals surface area contributed by atoms with Crippen LogP contribution in [0.5, 0.6) is 0 Å². The maximum absolute atomic E-state index is 5.83. The molecule has 0 aliphatic rings. The van der Waals surface area contributed by atoms with Gasteiger partial charge in [0.25, 0.3) is 0 Å². The molecule has 0 unspecified atom stereocenters. The first-order valence-corrected chi connectivity index (χ1v) is 6.28. The van der Waals surface area contributed by atoms with Gasteiger partial charge in [0.1, 0.15) is 12.4 Å². The molecule has 0 amide bonds. The molecule has 0 spiro atoms. The van der Waals surface area contributed by atoms with Crippen LogP contribution in [0.2, 0.25) is 0 Å². The predicted octanol–water partition coefficient (Wildman–Crippen LogP) is 3.03. The number of hydrogen-bond acceptors (Lipinski definition) is 2. The van der Waals surface area contributed by atoms with Crippen molar-refractivity contribution in [1.29, 1.82) is 0 Å². The molecule has 3 nitrogen and oxygen atoms in total. The third kappa shape index (κ3) is 4.14. The van der Waals surface area contributed by atoms with Gasteiger partial charge >= 0.3 is 0 Å². The Morgan fingerprint density at radius 1 is 1.05 bits per heavy atom. The molecular weight excluding hydrogens is 236 g/mol. The first-order valence-electron chi connectivity index (χ1n) is 6.28. The van der Waals surface area contributed by atoms with E-state index in [4.69, 9.17) is 10.6 Å². The van der Waals surface area contributed by atoms with E-state index < -0.39 is 0 Å². The molecule has 0 fully saturated rings. The molecular formula is C16H18N2O. The average molecular weight is 254 g/mol. The van der Waals surface area contributed by atoms with Crippen LogP contribution in [0.1, 0.15) is 16.7 Å². The number of hydrogen-bond donors (Lipinski definition) is 1. The Hall–Kier alpha value is -2.29. The SMILES string of the molecule is Cc1ccccc1CO/N=C(/N)Cc1ccccc1. The second kappa shape index (κ2) is 6.59. The van der Waals surface area contributed by atoms with Crippen LogP contribution in [-0.2, 0) is 17.9 Å². The van der Waals surface area contributed by atoms with Crippen molar-refractivity contribution in [2.45, 2.75) is 20.0 Å². The van der Waals surface area contributed by atoms with E-state index in [9.17, 15) is 0 Å². The molecule has 0 bridgehead atoms. The molecule has 0 saturated carbocycles. The van der Waals surface area contributed by atoms with Crippen molar-refractivity contribution in [2.75, 3.05) is 0 Å². The van der Waals surface area contributed by atoms with Crippen molar-refractivity contribution in [2.24, 2.45) is 10.9 Å². The average Bonchev–Trinajstić information content (AvgIpc) is 2.42. The highest BCUT2D eigenvalue weighted by Crippen LogP contribution is 2.08. The van der Waals surface area contributed by atoms with Crippen LogP contribution in [0.4, 0.5) is 0 Å². The number of rotatable bonds is 5. The topological polar surface area (TPSA) is 47.6 Å². The lowest BCUT2D eigenvalue weighted by molar-refractivity contribution is 0.129. The Bertz CT molecular complexity index is 550. The second-order valence-electron chi connectivity index (χ2n) is 4.44. The summed E-state index contributed by atoms with van der Waals surface area (Å²) in [6.07, 6.45) is 0.606. The number of nitrogens with zero attached hydrogens (tertiary/aromatic N) is 1. The highest BCUT2D eigenvalue weighted by molar-refractivity contribution is 5.82. The zero-order valence-corrected chi connectivity index (χ0v) is 11.0. The maximum Gasteiger partial charge on any atom is 0.143 e. The molecule has 0 atom stereocenters. The van der Waals surface area contributed by atoms with Gasteiger partial charge in [-0.2, -0.15) is 0 Å². The molecule has 0 radical (unpaired) electrons. The lowest BCUT2D eigenvalue weighted by atomic mass is 10.1. The molecule has 0 aromatic heterocycles. The Morgan fingerprint density at radius 3 is 2.47 bits per heavy atom. The van der Waals surface area contributed by atoms with E-state index in [1.165, 1.54) is 5.56 Å². The van der Waals surface area contributed by atoms with E-state index >= 15 is 0 Å². The lowest BCUT2D eigenvalue weighted by Gasteiger charge is -2.05. The number of aryl methyl sites for hydroxylation is 1. The first-order chi connectivity index (χ1) is 9.25. The van der Waals surface area contributed by atoms with E-state index in [-0.39, 0.29) is 0 Å². The fourth-order valence-corrected chi connectivity index (χ4v) is 1.79. The second-order valence-corrected chi connectivity index (χ2v) is 4.44. The smallest absolute Gasteiger partial charge is 0.143 e. The minimum absolute atomic E-state index is 0.447. The van der Waals surface area contributed by atoms with E-state index in [1.54, 1.807) is 0 Å². The van der Waals surface area contributed by atoms with E-state index in [0.29, 0.717) is 18.9 Å². The molecule has 2 aromatic carbocycles. The van der Waals surface area contributed by atoms with Crippen molar-refractivity contribution in [3.63, 3.8) is 0 Å². The Balaban J connectivity index is 1.87. The summed E-state index contributed by atoms with van der Waals surface area (Å²) >= 11 is 0. The fourth-order valence-electron chi connectivity index (χ4n) is 1.79. The molecule has 0 saturated heterocycles. The summed E-state index contributed by atoms with van der Waals surface area (Å²) in [5, 5.41) is 3.95. The van der Waals surface area contributed by atoms with Crippen LogP contribution in [0, 0.1) is 6.92 Å². The van der Waals surface area contributed by atoms with Crippen LogP contribution < -0.4 is 5.73 Å². The number of oxime groups is 1.